The SMILES string of the molecule is Nc1c(S(=O)Cl)cc(S(=O)Cl)c(S(=O)Cl)c1S(=O)Cl. The van der Waals surface area contributed by atoms with Crippen molar-refractivity contribution in [3.63, 3.8) is 0 Å². The largest absolute Gasteiger partial charge is 0.397 e. The Morgan fingerprint density at radius 1 is 0.737 bits per heavy atom. The predicted molar refractivity (Wildman–Crippen MR) is 79.9 cm³/mol. The van der Waals surface area contributed by atoms with Crippen molar-refractivity contribution in [1.82, 2.24) is 0 Å². The van der Waals surface area contributed by atoms with E-state index in [2.05, 4.69) is 0 Å². The highest BCUT2D eigenvalue weighted by Gasteiger charge is 2.27. The summed E-state index contributed by atoms with van der Waals surface area (Å²) in [7, 11) is 12.9. The molecule has 5 nitrogen and oxygen atoms in total. The van der Waals surface area contributed by atoms with Crippen LogP contribution in [-0.2, 0) is 40.1 Å². The second-order valence-electron chi connectivity index (χ2n) is 2.84. The van der Waals surface area contributed by atoms with Gasteiger partial charge in [0.05, 0.1) is 25.3 Å². The van der Waals surface area contributed by atoms with Gasteiger partial charge in [0.15, 0.2) is 10.0 Å². The highest BCUT2D eigenvalue weighted by Crippen LogP contribution is 2.37. The molecule has 1 aromatic rings. The highest BCUT2D eigenvalue weighted by atomic mass is 35.7. The fourth-order valence-corrected chi connectivity index (χ4v) is 6.50. The molecule has 0 amide bonds. The summed E-state index contributed by atoms with van der Waals surface area (Å²) in [5.41, 5.74) is 5.29. The lowest BCUT2D eigenvalue weighted by molar-refractivity contribution is 0.676. The van der Waals surface area contributed by atoms with Gasteiger partial charge in [0.25, 0.3) is 0 Å². The van der Waals surface area contributed by atoms with Crippen LogP contribution >= 0.6 is 42.7 Å². The molecule has 4 unspecified atom stereocenters. The molecule has 0 aliphatic carbocycles. The Hall–Kier alpha value is 0.780. The van der Waals surface area contributed by atoms with Gasteiger partial charge < -0.3 is 5.73 Å². The maximum Gasteiger partial charge on any atom is 0.151 e. The monoisotopic (exact) mass is 421 g/mol. The Bertz CT molecular complexity index is 636. The van der Waals surface area contributed by atoms with E-state index in [9.17, 15) is 16.8 Å². The summed E-state index contributed by atoms with van der Waals surface area (Å²) in [4.78, 5) is -1.17. The summed E-state index contributed by atoms with van der Waals surface area (Å²) in [6.45, 7) is 0. The van der Waals surface area contributed by atoms with Gasteiger partial charge in [0.2, 0.25) is 0 Å². The summed E-state index contributed by atoms with van der Waals surface area (Å²) in [6.07, 6.45) is 0. The van der Waals surface area contributed by atoms with Gasteiger partial charge in [-0.2, -0.15) is 0 Å². The molecule has 0 aliphatic heterocycles. The Balaban J connectivity index is 3.94. The summed E-state index contributed by atoms with van der Waals surface area (Å²) >= 11 is 0. The number of hydrogen-bond donors (Lipinski definition) is 1. The van der Waals surface area contributed by atoms with E-state index in [4.69, 9.17) is 48.5 Å². The van der Waals surface area contributed by atoms with Crippen LogP contribution in [0.15, 0.2) is 25.6 Å². The van der Waals surface area contributed by atoms with Crippen LogP contribution in [0.2, 0.25) is 0 Å². The van der Waals surface area contributed by atoms with Crippen LogP contribution in [0.4, 0.5) is 5.69 Å². The first kappa shape index (κ1) is 17.8. The minimum absolute atomic E-state index is 0.194. The van der Waals surface area contributed by atoms with Gasteiger partial charge in [0.1, 0.15) is 30.0 Å². The Morgan fingerprint density at radius 3 is 1.47 bits per heavy atom. The number of halogens is 4. The molecule has 0 fully saturated rings. The number of anilines is 1. The molecule has 0 saturated heterocycles. The van der Waals surface area contributed by atoms with Crippen LogP contribution in [0, 0.1) is 0 Å². The van der Waals surface area contributed by atoms with Gasteiger partial charge in [-0.05, 0) is 48.8 Å². The third-order valence-corrected chi connectivity index (χ3v) is 6.89. The van der Waals surface area contributed by atoms with Crippen LogP contribution in [0.25, 0.3) is 0 Å². The Kier molecular flexibility index (Phi) is 6.73. The quantitative estimate of drug-likeness (QED) is 0.593. The number of hydrogen-bond acceptors (Lipinski definition) is 5. The molecule has 0 aromatic heterocycles. The van der Waals surface area contributed by atoms with E-state index in [0.717, 1.165) is 6.07 Å². The van der Waals surface area contributed by atoms with Crippen molar-refractivity contribution < 1.29 is 16.8 Å². The van der Waals surface area contributed by atoms with E-state index >= 15 is 0 Å². The fourth-order valence-electron chi connectivity index (χ4n) is 1.17. The van der Waals surface area contributed by atoms with Crippen LogP contribution in [0.1, 0.15) is 0 Å². The van der Waals surface area contributed by atoms with Crippen molar-refractivity contribution in [1.29, 1.82) is 0 Å². The second-order valence-corrected chi connectivity index (χ2v) is 9.69. The average Bonchev–Trinajstić information content (AvgIpc) is 2.26. The molecular weight excluding hydrogens is 420 g/mol. The molecule has 2 N–H and O–H groups in total. The lowest BCUT2D eigenvalue weighted by atomic mass is 10.3. The third-order valence-electron chi connectivity index (χ3n) is 1.87. The third kappa shape index (κ3) is 3.91. The van der Waals surface area contributed by atoms with Gasteiger partial charge in [0, 0.05) is 0 Å². The maximum atomic E-state index is 11.5. The normalized spacial score (nSPS) is 17.7. The molecule has 0 bridgehead atoms. The van der Waals surface area contributed by atoms with E-state index in [1.54, 1.807) is 0 Å². The number of rotatable bonds is 4. The van der Waals surface area contributed by atoms with E-state index < -0.39 is 40.1 Å². The van der Waals surface area contributed by atoms with Crippen molar-refractivity contribution in [3.05, 3.63) is 6.07 Å². The Morgan fingerprint density at radius 2 is 1.16 bits per heavy atom. The van der Waals surface area contributed by atoms with Gasteiger partial charge in [-0.25, -0.2) is 16.8 Å². The van der Waals surface area contributed by atoms with Crippen molar-refractivity contribution in [2.45, 2.75) is 19.6 Å². The Labute approximate surface area is 135 Å². The minimum Gasteiger partial charge on any atom is -0.397 e. The lowest BCUT2D eigenvalue weighted by Gasteiger charge is -2.12. The summed E-state index contributed by atoms with van der Waals surface area (Å²) in [6, 6.07) is 1.02. The molecule has 108 valence electrons. The van der Waals surface area contributed by atoms with Crippen LogP contribution in [-0.4, -0.2) is 16.8 Å². The zero-order chi connectivity index (χ0) is 14.9. The molecular formula is C6H3Cl4NO4S4. The molecule has 0 heterocycles. The number of nitrogens with two attached hydrogens (primary N) is 1. The predicted octanol–water partition coefficient (Wildman–Crippen LogP) is 2.31. The summed E-state index contributed by atoms with van der Waals surface area (Å²) in [5, 5.41) is 0. The highest BCUT2D eigenvalue weighted by molar-refractivity contribution is 8.12. The standard InChI is InChI=1S/C6H3Cl4NO4S4/c7-16(12)2-1-3(17(8)13)5(18(9)14)6(4(2)11)19(10)15/h1H,11H2. The van der Waals surface area contributed by atoms with E-state index in [1.807, 2.05) is 0 Å². The van der Waals surface area contributed by atoms with Crippen molar-refractivity contribution in [2.75, 3.05) is 5.73 Å². The molecule has 1 aromatic carbocycles. The molecule has 0 spiro atoms. The van der Waals surface area contributed by atoms with E-state index in [-0.39, 0.29) is 25.3 Å². The van der Waals surface area contributed by atoms with E-state index in [0.29, 0.717) is 0 Å². The van der Waals surface area contributed by atoms with Crippen molar-refractivity contribution in [2.24, 2.45) is 0 Å². The van der Waals surface area contributed by atoms with Gasteiger partial charge in [-0.3, -0.25) is 0 Å². The first-order chi connectivity index (χ1) is 8.68. The molecule has 0 saturated carbocycles. The molecule has 4 atom stereocenters. The first-order valence-electron chi connectivity index (χ1n) is 3.97. The zero-order valence-corrected chi connectivity index (χ0v) is 14.7. The first-order valence-corrected chi connectivity index (χ1v) is 11.9. The molecule has 0 radical (unpaired) electrons. The summed E-state index contributed by atoms with van der Waals surface area (Å²) in [5.74, 6) is 0. The van der Waals surface area contributed by atoms with Gasteiger partial charge in [-0.1, -0.05) is 0 Å². The van der Waals surface area contributed by atoms with Crippen LogP contribution < -0.4 is 5.73 Å². The lowest BCUT2D eigenvalue weighted by Crippen LogP contribution is -2.07. The van der Waals surface area contributed by atoms with Gasteiger partial charge in [-0.15, -0.1) is 0 Å². The van der Waals surface area contributed by atoms with Gasteiger partial charge >= 0.3 is 0 Å². The molecule has 19 heavy (non-hydrogen) atoms. The van der Waals surface area contributed by atoms with E-state index in [1.165, 1.54) is 0 Å². The smallest absolute Gasteiger partial charge is 0.151 e. The fraction of sp³-hybridized carbons (Fsp3) is 0. The topological polar surface area (TPSA) is 94.3 Å². The minimum atomic E-state index is -2.24. The van der Waals surface area contributed by atoms with Crippen LogP contribution in [0.5, 0.6) is 0 Å². The maximum absolute atomic E-state index is 11.5. The average molecular weight is 423 g/mol. The zero-order valence-electron chi connectivity index (χ0n) is 8.43. The molecule has 13 heteroatoms. The molecule has 1 rings (SSSR count). The molecule has 0 aliphatic rings. The number of nitrogen functional groups attached to an aromatic ring is 1. The van der Waals surface area contributed by atoms with Crippen molar-refractivity contribution >= 4 is 88.5 Å². The summed E-state index contributed by atoms with van der Waals surface area (Å²) < 4.78 is 45.6. The number of benzene rings is 1. The van der Waals surface area contributed by atoms with Crippen LogP contribution in [0.3, 0.4) is 0 Å². The van der Waals surface area contributed by atoms with Crippen molar-refractivity contribution in [3.8, 4) is 0 Å². The second kappa shape index (κ2) is 7.17.